The Bertz CT molecular complexity index is 1180. The molecule has 0 aliphatic heterocycles. The van der Waals surface area contributed by atoms with Crippen molar-refractivity contribution in [1.29, 1.82) is 0 Å². The van der Waals surface area contributed by atoms with Crippen LogP contribution < -0.4 is 10.6 Å². The van der Waals surface area contributed by atoms with Gasteiger partial charge in [0.15, 0.2) is 0 Å². The molecule has 34 heavy (non-hydrogen) atoms. The fourth-order valence-electron chi connectivity index (χ4n) is 4.06. The third-order valence-corrected chi connectivity index (χ3v) is 6.39. The molecule has 0 aromatic heterocycles. The smallest absolute Gasteiger partial charge is 0.147 e. The Morgan fingerprint density at radius 3 is 1.38 bits per heavy atom. The van der Waals surface area contributed by atoms with E-state index in [0.717, 1.165) is 33.9 Å². The van der Waals surface area contributed by atoms with Gasteiger partial charge < -0.3 is 10.6 Å². The van der Waals surface area contributed by atoms with Gasteiger partial charge in [0.2, 0.25) is 0 Å². The molecular formula is C29H26Cl2N2O. The van der Waals surface area contributed by atoms with E-state index in [0.29, 0.717) is 10.0 Å². The van der Waals surface area contributed by atoms with E-state index in [4.69, 9.17) is 23.2 Å². The summed E-state index contributed by atoms with van der Waals surface area (Å²) >= 11 is 12.6. The summed E-state index contributed by atoms with van der Waals surface area (Å²) in [4.78, 5) is 13.7. The van der Waals surface area contributed by atoms with Gasteiger partial charge in [-0.15, -0.1) is 0 Å². The van der Waals surface area contributed by atoms with Crippen molar-refractivity contribution in [2.45, 2.75) is 25.7 Å². The number of carbonyl (C=O) groups is 1. The van der Waals surface area contributed by atoms with Crippen molar-refractivity contribution in [3.8, 4) is 0 Å². The first-order valence-corrected chi connectivity index (χ1v) is 11.9. The lowest BCUT2D eigenvalue weighted by atomic mass is 9.84. The molecule has 0 heterocycles. The summed E-state index contributed by atoms with van der Waals surface area (Å²) in [5, 5.41) is 8.05. The third-order valence-electron chi connectivity index (χ3n) is 5.92. The summed E-state index contributed by atoms with van der Waals surface area (Å²) in [6, 6.07) is 30.9. The Morgan fingerprint density at radius 2 is 1.00 bits per heavy atom. The van der Waals surface area contributed by atoms with Crippen LogP contribution in [0.2, 0.25) is 10.0 Å². The van der Waals surface area contributed by atoms with Crippen LogP contribution in [0.4, 0.5) is 22.7 Å². The molecule has 0 spiro atoms. The number of hydrogen-bond donors (Lipinski definition) is 2. The third kappa shape index (κ3) is 5.61. The molecular weight excluding hydrogens is 463 g/mol. The minimum atomic E-state index is -0.348. The number of benzene rings is 4. The average molecular weight is 489 g/mol. The topological polar surface area (TPSA) is 41.1 Å². The monoisotopic (exact) mass is 488 g/mol. The molecule has 0 saturated carbocycles. The highest BCUT2D eigenvalue weighted by molar-refractivity contribution is 6.31. The lowest BCUT2D eigenvalue weighted by Gasteiger charge is -2.23. The van der Waals surface area contributed by atoms with Crippen LogP contribution in [-0.2, 0) is 4.79 Å². The van der Waals surface area contributed by atoms with Gasteiger partial charge in [-0.05, 0) is 59.7 Å². The Kier molecular flexibility index (Phi) is 7.56. The van der Waals surface area contributed by atoms with Crippen LogP contribution in [-0.4, -0.2) is 5.78 Å². The van der Waals surface area contributed by atoms with E-state index in [1.54, 1.807) is 0 Å². The van der Waals surface area contributed by atoms with E-state index in [1.807, 2.05) is 111 Å². The fourth-order valence-corrected chi connectivity index (χ4v) is 4.41. The Morgan fingerprint density at radius 1 is 0.618 bits per heavy atom. The van der Waals surface area contributed by atoms with Crippen LogP contribution in [0.25, 0.3) is 0 Å². The lowest BCUT2D eigenvalue weighted by molar-refractivity contribution is -0.121. The van der Waals surface area contributed by atoms with E-state index in [1.165, 1.54) is 0 Å². The number of anilines is 4. The highest BCUT2D eigenvalue weighted by Crippen LogP contribution is 2.37. The van der Waals surface area contributed by atoms with E-state index < -0.39 is 0 Å². The van der Waals surface area contributed by atoms with Crippen LogP contribution in [0, 0.1) is 0 Å². The van der Waals surface area contributed by atoms with E-state index in [9.17, 15) is 4.79 Å². The summed E-state index contributed by atoms with van der Waals surface area (Å²) < 4.78 is 0. The molecule has 0 bridgehead atoms. The van der Waals surface area contributed by atoms with E-state index in [2.05, 4.69) is 10.6 Å². The lowest BCUT2D eigenvalue weighted by Crippen LogP contribution is -2.18. The van der Waals surface area contributed by atoms with Crippen LogP contribution >= 0.6 is 23.2 Å². The second-order valence-electron chi connectivity index (χ2n) is 8.29. The second-order valence-corrected chi connectivity index (χ2v) is 9.16. The Hall–Kier alpha value is -3.27. The zero-order chi connectivity index (χ0) is 24.1. The molecule has 0 radical (unpaired) electrons. The minimum absolute atomic E-state index is 0.108. The fraction of sp³-hybridized carbons (Fsp3) is 0.138. The zero-order valence-electron chi connectivity index (χ0n) is 19.1. The first kappa shape index (κ1) is 23.9. The summed E-state index contributed by atoms with van der Waals surface area (Å²) in [5.41, 5.74) is 5.32. The van der Waals surface area contributed by atoms with Gasteiger partial charge in [-0.2, -0.15) is 0 Å². The molecule has 2 N–H and O–H groups in total. The first-order chi connectivity index (χ1) is 16.4. The number of carbonyl (C=O) groups excluding carboxylic acids is 1. The van der Waals surface area contributed by atoms with Gasteiger partial charge in [0.1, 0.15) is 5.78 Å². The zero-order valence-corrected chi connectivity index (χ0v) is 20.6. The highest BCUT2D eigenvalue weighted by atomic mass is 35.5. The number of nitrogens with one attached hydrogen (secondary N) is 2. The van der Waals surface area contributed by atoms with Crippen molar-refractivity contribution in [3.05, 3.63) is 118 Å². The molecule has 172 valence electrons. The number of hydrogen-bond acceptors (Lipinski definition) is 3. The first-order valence-electron chi connectivity index (χ1n) is 11.2. The van der Waals surface area contributed by atoms with Gasteiger partial charge in [-0.3, -0.25) is 4.79 Å². The molecule has 2 atom stereocenters. The van der Waals surface area contributed by atoms with E-state index in [-0.39, 0.29) is 17.6 Å². The molecule has 0 saturated heterocycles. The van der Waals surface area contributed by atoms with Crippen molar-refractivity contribution in [3.63, 3.8) is 0 Å². The SMILES string of the molecule is CC(C(=O)C(C)c1ccc(Cl)cc1Nc1ccccc1)c1ccc(Cl)cc1Nc1ccccc1. The predicted octanol–water partition coefficient (Wildman–Crippen LogP) is 8.96. The van der Waals surface area contributed by atoms with Crippen LogP contribution in [0.3, 0.4) is 0 Å². The molecule has 0 amide bonds. The number of rotatable bonds is 8. The number of para-hydroxylation sites is 2. The molecule has 0 aliphatic rings. The van der Waals surface area contributed by atoms with Crippen LogP contribution in [0.1, 0.15) is 36.8 Å². The number of ketones is 1. The normalized spacial score (nSPS) is 12.6. The van der Waals surface area contributed by atoms with Crippen molar-refractivity contribution >= 4 is 51.7 Å². The molecule has 5 heteroatoms. The standard InChI is InChI=1S/C29H26Cl2N2O/c1-19(25-15-13-21(30)17-27(25)32-23-9-5-3-6-10-23)29(34)20(2)26-16-14-22(31)18-28(26)33-24-11-7-4-8-12-24/h3-20,32-33H,1-2H3. The van der Waals surface area contributed by atoms with Gasteiger partial charge in [0, 0.05) is 44.6 Å². The molecule has 0 aliphatic carbocycles. The minimum Gasteiger partial charge on any atom is -0.355 e. The van der Waals surface area contributed by atoms with Crippen molar-refractivity contribution in [2.75, 3.05) is 10.6 Å². The molecule has 2 unspecified atom stereocenters. The van der Waals surface area contributed by atoms with Gasteiger partial charge in [-0.1, -0.05) is 85.6 Å². The van der Waals surface area contributed by atoms with Gasteiger partial charge in [0.05, 0.1) is 0 Å². The van der Waals surface area contributed by atoms with Gasteiger partial charge in [-0.25, -0.2) is 0 Å². The van der Waals surface area contributed by atoms with Gasteiger partial charge >= 0.3 is 0 Å². The summed E-state index contributed by atoms with van der Waals surface area (Å²) in [6.07, 6.45) is 0. The van der Waals surface area contributed by atoms with Crippen molar-refractivity contribution in [2.24, 2.45) is 0 Å². The molecule has 3 nitrogen and oxygen atoms in total. The number of Topliss-reactive ketones (excluding diaryl/α,β-unsaturated/α-hetero) is 1. The van der Waals surface area contributed by atoms with Crippen molar-refractivity contribution < 1.29 is 4.79 Å². The Balaban J connectivity index is 1.63. The summed E-state index contributed by atoms with van der Waals surface area (Å²) in [5.74, 6) is -0.589. The molecule has 4 aromatic carbocycles. The summed E-state index contributed by atoms with van der Waals surface area (Å²) in [7, 11) is 0. The molecule has 4 rings (SSSR count). The maximum atomic E-state index is 13.7. The van der Waals surface area contributed by atoms with Crippen molar-refractivity contribution in [1.82, 2.24) is 0 Å². The second kappa shape index (κ2) is 10.8. The Labute approximate surface area is 210 Å². The quantitative estimate of drug-likeness (QED) is 0.260. The van der Waals surface area contributed by atoms with E-state index >= 15 is 0 Å². The maximum Gasteiger partial charge on any atom is 0.147 e. The summed E-state index contributed by atoms with van der Waals surface area (Å²) in [6.45, 7) is 3.89. The van der Waals surface area contributed by atoms with Gasteiger partial charge in [0.25, 0.3) is 0 Å². The molecule has 4 aromatic rings. The van der Waals surface area contributed by atoms with Crippen LogP contribution in [0.15, 0.2) is 97.1 Å². The maximum absolute atomic E-state index is 13.7. The van der Waals surface area contributed by atoms with Crippen LogP contribution in [0.5, 0.6) is 0 Å². The predicted molar refractivity (Wildman–Crippen MR) is 144 cm³/mol. The largest absolute Gasteiger partial charge is 0.355 e. The highest BCUT2D eigenvalue weighted by Gasteiger charge is 2.26. The average Bonchev–Trinajstić information content (AvgIpc) is 2.84. The molecule has 0 fully saturated rings. The number of halogens is 2.